The average molecular weight is 1270 g/mol. The zero-order valence-corrected chi connectivity index (χ0v) is 65.3. The van der Waals surface area contributed by atoms with E-state index in [0.29, 0.717) is 84.5 Å². The molecule has 8 fully saturated rings. The molecule has 0 aromatic carbocycles. The maximum Gasteiger partial charge on any atom is 0.0577 e. The van der Waals surface area contributed by atoms with Crippen molar-refractivity contribution in [3.8, 4) is 0 Å². The predicted octanol–water partition coefficient (Wildman–Crippen LogP) is 22.7. The average Bonchev–Trinajstić information content (AvgIpc) is 2.29. The highest BCUT2D eigenvalue weighted by Gasteiger charge is 2.48. The van der Waals surface area contributed by atoms with E-state index >= 15 is 0 Å². The van der Waals surface area contributed by atoms with Crippen LogP contribution in [0.5, 0.6) is 0 Å². The predicted molar refractivity (Wildman–Crippen MR) is 387 cm³/mol. The molecule has 0 amide bonds. The van der Waals surface area contributed by atoms with E-state index in [4.69, 9.17) is 42.6 Å². The molecule has 4 bridgehead atoms. The minimum absolute atomic E-state index is 0.363. The first kappa shape index (κ1) is 90.7. The van der Waals surface area contributed by atoms with Gasteiger partial charge >= 0.3 is 0 Å². The van der Waals surface area contributed by atoms with Crippen LogP contribution in [0.2, 0.25) is 0 Å². The van der Waals surface area contributed by atoms with E-state index in [1.54, 1.807) is 27.8 Å². The fraction of sp³-hybridized carbons (Fsp3) is 1.00. The Morgan fingerprint density at radius 3 is 1.08 bits per heavy atom. The lowest BCUT2D eigenvalue weighted by Gasteiger charge is -2.54. The minimum atomic E-state index is 0.363. The molecule has 0 aliphatic heterocycles. The van der Waals surface area contributed by atoms with Gasteiger partial charge in [-0.05, 0) is 249 Å². The van der Waals surface area contributed by atoms with Crippen molar-refractivity contribution in [2.45, 2.75) is 368 Å². The summed E-state index contributed by atoms with van der Waals surface area (Å²) < 4.78 is 48.1. The third kappa shape index (κ3) is 42.7. The van der Waals surface area contributed by atoms with Crippen molar-refractivity contribution in [3.63, 3.8) is 0 Å². The van der Waals surface area contributed by atoms with Gasteiger partial charge in [0.25, 0.3) is 0 Å². The van der Waals surface area contributed by atoms with Gasteiger partial charge in [0.05, 0.1) is 54.9 Å². The number of ether oxygens (including phenoxy) is 9. The highest BCUT2D eigenvalue weighted by Crippen LogP contribution is 2.56. The van der Waals surface area contributed by atoms with Gasteiger partial charge in [0.2, 0.25) is 0 Å². The third-order valence-electron chi connectivity index (χ3n) is 22.5. The number of rotatable bonds is 24. The lowest BCUT2D eigenvalue weighted by molar-refractivity contribution is -0.0699. The molecule has 0 heterocycles. The minimum Gasteiger partial charge on any atom is -0.381 e. The van der Waals surface area contributed by atoms with E-state index in [1.165, 1.54) is 148 Å². The Bertz CT molecular complexity index is 1440. The summed E-state index contributed by atoms with van der Waals surface area (Å²) >= 11 is 0. The first-order valence-electron chi connectivity index (χ1n) is 38.3. The van der Waals surface area contributed by atoms with Crippen LogP contribution in [0.3, 0.4) is 0 Å². The second-order valence-electron chi connectivity index (χ2n) is 30.6. The van der Waals surface area contributed by atoms with Crippen molar-refractivity contribution in [2.24, 2.45) is 88.8 Å². The van der Waals surface area contributed by atoms with E-state index < -0.39 is 0 Å². The van der Waals surface area contributed by atoms with Gasteiger partial charge < -0.3 is 42.6 Å². The first-order chi connectivity index (χ1) is 42.2. The summed E-state index contributed by atoms with van der Waals surface area (Å²) in [6.07, 6.45) is 38.5. The normalized spacial score (nSPS) is 26.3. The molecule has 0 aromatic heterocycles. The Balaban J connectivity index is 0. The SMILES string of the molecule is CC(C)OC(C)C(C)C.CCC(C)C(C)OC.CCOC(C)C(C)C.CCOC1CCCC(C2CCCCC2)C1.CCOCC1C2CC3CC(C2)CC1C3.COC(C)C(C)C.COC(C)C(C)C(C)C.COC(C)C1CCCC1.COC(C)C1CCCCC1. The lowest BCUT2D eigenvalue weighted by atomic mass is 9.52. The van der Waals surface area contributed by atoms with Crippen molar-refractivity contribution < 1.29 is 42.6 Å². The maximum atomic E-state index is 5.80. The van der Waals surface area contributed by atoms with E-state index in [0.717, 1.165) is 85.6 Å². The lowest BCUT2D eigenvalue weighted by Crippen LogP contribution is -2.46. The molecule has 0 radical (unpaired) electrons. The highest BCUT2D eigenvalue weighted by molar-refractivity contribution is 4.98. The van der Waals surface area contributed by atoms with E-state index in [2.05, 4.69) is 152 Å². The van der Waals surface area contributed by atoms with Crippen molar-refractivity contribution in [3.05, 3.63) is 0 Å². The smallest absolute Gasteiger partial charge is 0.0577 e. The van der Waals surface area contributed by atoms with E-state index in [1.807, 2.05) is 21.1 Å². The molecule has 8 aliphatic carbocycles. The molecule has 0 aromatic rings. The van der Waals surface area contributed by atoms with Gasteiger partial charge in [-0.1, -0.05) is 153 Å². The quantitative estimate of drug-likeness (QED) is 0.0938. The number of hydrogen-bond donors (Lipinski definition) is 0. The summed E-state index contributed by atoms with van der Waals surface area (Å²) in [6, 6.07) is 0. The van der Waals surface area contributed by atoms with Gasteiger partial charge in [-0.2, -0.15) is 0 Å². The molecule has 9 heteroatoms. The van der Waals surface area contributed by atoms with Crippen LogP contribution in [0.4, 0.5) is 0 Å². The summed E-state index contributed by atoms with van der Waals surface area (Å²) in [5.74, 6) is 13.0. The van der Waals surface area contributed by atoms with Crippen LogP contribution in [-0.4, -0.2) is 117 Å². The Morgan fingerprint density at radius 1 is 0.348 bits per heavy atom. The Kier molecular flexibility index (Phi) is 56.8. The summed E-state index contributed by atoms with van der Waals surface area (Å²) in [6.45, 7) is 53.0. The molecule has 8 rings (SSSR count). The fourth-order valence-corrected chi connectivity index (χ4v) is 14.2. The molecule has 8 saturated carbocycles. The summed E-state index contributed by atoms with van der Waals surface area (Å²) in [4.78, 5) is 0. The molecule has 89 heavy (non-hydrogen) atoms. The maximum absolute atomic E-state index is 5.80. The standard InChI is InChI=1S/C14H26O.C13H22O.C9H18O.C8H16O.2C8H18O.2C7H16O.C6H14O/c1-2-15-14-10-6-9-13(11-14)12-7-4-3-5-8-12;1-2-14-8-13-11-4-9-3-10(6-11)7-12(13)5-9;1-8(10-2)9-6-4-3-5-7-9;1-7(9-2)8-5-3-4-6-8;1-6(2)7(3)8(4)9-5;1-6(2)8(5)9-7(3)4;1-5-6(2)7(3)8-4;1-5-8-7(4)6(2)3;1-5(2)6(3)7-4/h12-14H,2-11H2,1H3;9-13H,2-8H2,1H3;8-9H,3-7H2,1-2H3;7-8H,3-6H2,1-2H3;2*6-8H,1-5H3;2*6-7H,5H2,1-4H3;5-6H,1-4H3. The van der Waals surface area contributed by atoms with Gasteiger partial charge in [-0.3, -0.25) is 0 Å². The Labute approximate surface area is 559 Å². The monoisotopic (exact) mass is 1270 g/mol. The third-order valence-corrected chi connectivity index (χ3v) is 22.5. The van der Waals surface area contributed by atoms with Gasteiger partial charge in [-0.25, -0.2) is 0 Å². The van der Waals surface area contributed by atoms with Crippen LogP contribution in [0.15, 0.2) is 0 Å². The molecule has 0 saturated heterocycles. The van der Waals surface area contributed by atoms with Gasteiger partial charge in [0.15, 0.2) is 0 Å². The summed E-state index contributed by atoms with van der Waals surface area (Å²) in [7, 11) is 8.90. The van der Waals surface area contributed by atoms with E-state index in [-0.39, 0.29) is 0 Å². The van der Waals surface area contributed by atoms with Crippen molar-refractivity contribution >= 4 is 0 Å². The number of methoxy groups -OCH3 is 5. The second kappa shape index (κ2) is 55.7. The van der Waals surface area contributed by atoms with Crippen molar-refractivity contribution in [1.82, 2.24) is 0 Å². The van der Waals surface area contributed by atoms with Crippen LogP contribution < -0.4 is 0 Å². The second-order valence-corrected chi connectivity index (χ2v) is 30.6. The first-order valence-corrected chi connectivity index (χ1v) is 38.3. The largest absolute Gasteiger partial charge is 0.381 e. The Morgan fingerprint density at radius 2 is 0.775 bits per heavy atom. The zero-order valence-electron chi connectivity index (χ0n) is 65.3. The highest BCUT2D eigenvalue weighted by atomic mass is 16.5. The van der Waals surface area contributed by atoms with Gasteiger partial charge in [-0.15, -0.1) is 0 Å². The van der Waals surface area contributed by atoms with Crippen molar-refractivity contribution in [2.75, 3.05) is 62.0 Å². The van der Waals surface area contributed by atoms with Crippen molar-refractivity contribution in [1.29, 1.82) is 0 Å². The van der Waals surface area contributed by atoms with Crippen LogP contribution in [0.25, 0.3) is 0 Å². The molecule has 0 spiro atoms. The molecular weight excluding hydrogens is 1100 g/mol. The van der Waals surface area contributed by atoms with Crippen LogP contribution in [0.1, 0.15) is 313 Å². The Hall–Kier alpha value is -0.360. The summed E-state index contributed by atoms with van der Waals surface area (Å²) in [5, 5.41) is 0. The molecule has 0 N–H and O–H groups in total. The molecule has 11 unspecified atom stereocenters. The molecule has 538 valence electrons. The summed E-state index contributed by atoms with van der Waals surface area (Å²) in [5.41, 5.74) is 0. The molecule has 9 nitrogen and oxygen atoms in total. The van der Waals surface area contributed by atoms with Gasteiger partial charge in [0.1, 0.15) is 0 Å². The van der Waals surface area contributed by atoms with Gasteiger partial charge in [0, 0.05) is 62.0 Å². The topological polar surface area (TPSA) is 83.1 Å². The van der Waals surface area contributed by atoms with Crippen LogP contribution in [-0.2, 0) is 42.6 Å². The fourth-order valence-electron chi connectivity index (χ4n) is 14.2. The van der Waals surface area contributed by atoms with E-state index in [9.17, 15) is 0 Å². The number of hydrogen-bond acceptors (Lipinski definition) is 9. The van der Waals surface area contributed by atoms with Crippen LogP contribution >= 0.6 is 0 Å². The zero-order chi connectivity index (χ0) is 68.0. The van der Waals surface area contributed by atoms with Crippen LogP contribution in [0, 0.1) is 88.8 Å². The molecule has 8 aliphatic rings. The molecule has 11 atom stereocenters. The molecular formula is C80H164O9.